The molecular weight excluding hydrogens is 245 g/mol. The highest BCUT2D eigenvalue weighted by Crippen LogP contribution is 2.23. The Morgan fingerprint density at radius 1 is 1.44 bits per heavy atom. The Kier molecular flexibility index (Phi) is 4.15. The molecule has 0 saturated heterocycles. The molecule has 1 aromatic heterocycles. The smallest absolute Gasteiger partial charge is 0.384 e. The number of rotatable bonds is 4. The van der Waals surface area contributed by atoms with Gasteiger partial charge in [-0.25, -0.2) is 4.98 Å². The molecule has 7 heteroatoms. The second-order valence-electron chi connectivity index (χ2n) is 3.87. The molecule has 0 unspecified atom stereocenters. The molecular formula is C11H15F3N4. The van der Waals surface area contributed by atoms with Gasteiger partial charge in [-0.3, -0.25) is 5.41 Å². The van der Waals surface area contributed by atoms with E-state index < -0.39 is 12.7 Å². The van der Waals surface area contributed by atoms with Crippen LogP contribution < -0.4 is 10.6 Å². The van der Waals surface area contributed by atoms with Gasteiger partial charge < -0.3 is 10.6 Å². The fourth-order valence-electron chi connectivity index (χ4n) is 1.55. The van der Waals surface area contributed by atoms with Gasteiger partial charge in [-0.15, -0.1) is 0 Å². The number of aromatic nitrogens is 1. The molecule has 100 valence electrons. The third kappa shape index (κ3) is 3.61. The van der Waals surface area contributed by atoms with Gasteiger partial charge in [-0.05, 0) is 26.0 Å². The fraction of sp³-hybridized carbons (Fsp3) is 0.455. The molecule has 1 aromatic rings. The summed E-state index contributed by atoms with van der Waals surface area (Å²) in [4.78, 5) is 5.11. The van der Waals surface area contributed by atoms with Gasteiger partial charge in [0.1, 0.15) is 18.2 Å². The lowest BCUT2D eigenvalue weighted by molar-refractivity contribution is -0.119. The lowest BCUT2D eigenvalue weighted by atomic mass is 10.2. The van der Waals surface area contributed by atoms with E-state index in [1.807, 2.05) is 0 Å². The van der Waals surface area contributed by atoms with E-state index in [-0.39, 0.29) is 23.8 Å². The molecule has 18 heavy (non-hydrogen) atoms. The predicted octanol–water partition coefficient (Wildman–Crippen LogP) is 2.06. The summed E-state index contributed by atoms with van der Waals surface area (Å²) < 4.78 is 37.4. The van der Waals surface area contributed by atoms with Gasteiger partial charge in [0.15, 0.2) is 0 Å². The molecule has 0 saturated carbocycles. The highest BCUT2D eigenvalue weighted by molar-refractivity contribution is 5.99. The van der Waals surface area contributed by atoms with Crippen molar-refractivity contribution in [1.29, 1.82) is 5.41 Å². The molecule has 0 spiro atoms. The number of aryl methyl sites for hydroxylation is 1. The van der Waals surface area contributed by atoms with E-state index >= 15 is 0 Å². The van der Waals surface area contributed by atoms with Crippen molar-refractivity contribution in [3.63, 3.8) is 0 Å². The van der Waals surface area contributed by atoms with Crippen molar-refractivity contribution in [2.75, 3.05) is 18.0 Å². The van der Waals surface area contributed by atoms with E-state index in [0.717, 1.165) is 4.90 Å². The summed E-state index contributed by atoms with van der Waals surface area (Å²) in [6.07, 6.45) is -4.32. The summed E-state index contributed by atoms with van der Waals surface area (Å²) in [7, 11) is 0. The topological polar surface area (TPSA) is 66.0 Å². The van der Waals surface area contributed by atoms with E-state index in [4.69, 9.17) is 11.1 Å². The third-order valence-corrected chi connectivity index (χ3v) is 2.36. The number of anilines is 1. The molecule has 0 aliphatic carbocycles. The van der Waals surface area contributed by atoms with Crippen molar-refractivity contribution in [2.24, 2.45) is 5.73 Å². The van der Waals surface area contributed by atoms with Crippen LogP contribution in [-0.4, -0.2) is 30.1 Å². The number of hydrogen-bond acceptors (Lipinski definition) is 3. The highest BCUT2D eigenvalue weighted by atomic mass is 19.4. The molecule has 0 aromatic carbocycles. The Morgan fingerprint density at radius 2 is 2.06 bits per heavy atom. The SMILES string of the molecule is CCN(CC(F)(F)F)c1nc(C)ccc1C(=N)N. The van der Waals surface area contributed by atoms with Crippen molar-refractivity contribution in [3.05, 3.63) is 23.4 Å². The second-order valence-corrected chi connectivity index (χ2v) is 3.87. The third-order valence-electron chi connectivity index (χ3n) is 2.36. The number of pyridine rings is 1. The number of amidine groups is 1. The number of nitrogens with one attached hydrogen (secondary N) is 1. The standard InChI is InChI=1S/C11H15F3N4/c1-3-18(6-11(12,13)14)10-8(9(15)16)5-4-7(2)17-10/h4-5H,3,6H2,1-2H3,(H3,15,16). The first kappa shape index (κ1) is 14.3. The summed E-state index contributed by atoms with van der Waals surface area (Å²) in [5.74, 6) is -0.194. The summed E-state index contributed by atoms with van der Waals surface area (Å²) in [6, 6.07) is 3.13. The Labute approximate surface area is 103 Å². The number of nitrogen functional groups attached to an aromatic ring is 1. The van der Waals surface area contributed by atoms with Crippen molar-refractivity contribution < 1.29 is 13.2 Å². The monoisotopic (exact) mass is 260 g/mol. The summed E-state index contributed by atoms with van der Waals surface area (Å²) in [5, 5.41) is 7.38. The minimum absolute atomic E-state index is 0.0994. The van der Waals surface area contributed by atoms with E-state index in [2.05, 4.69) is 4.98 Å². The van der Waals surface area contributed by atoms with Crippen LogP contribution in [0.4, 0.5) is 19.0 Å². The largest absolute Gasteiger partial charge is 0.405 e. The van der Waals surface area contributed by atoms with Crippen LogP contribution in [0.15, 0.2) is 12.1 Å². The van der Waals surface area contributed by atoms with Crippen LogP contribution in [0.5, 0.6) is 0 Å². The van der Waals surface area contributed by atoms with Gasteiger partial charge in [-0.1, -0.05) is 0 Å². The van der Waals surface area contributed by atoms with Crippen molar-refractivity contribution >= 4 is 11.7 Å². The lowest BCUT2D eigenvalue weighted by Gasteiger charge is -2.25. The fourth-order valence-corrected chi connectivity index (χ4v) is 1.55. The van der Waals surface area contributed by atoms with Gasteiger partial charge in [0, 0.05) is 12.2 Å². The zero-order valence-corrected chi connectivity index (χ0v) is 10.2. The molecule has 0 aliphatic heterocycles. The van der Waals surface area contributed by atoms with E-state index in [1.165, 1.54) is 6.07 Å². The van der Waals surface area contributed by atoms with Crippen LogP contribution in [0.25, 0.3) is 0 Å². The van der Waals surface area contributed by atoms with Gasteiger partial charge in [0.05, 0.1) is 5.56 Å². The minimum atomic E-state index is -4.32. The number of nitrogens with zero attached hydrogens (tertiary/aromatic N) is 2. The number of alkyl halides is 3. The quantitative estimate of drug-likeness (QED) is 0.643. The Bertz CT molecular complexity index is 442. The highest BCUT2D eigenvalue weighted by Gasteiger charge is 2.31. The lowest BCUT2D eigenvalue weighted by Crippen LogP contribution is -2.36. The maximum absolute atomic E-state index is 12.5. The van der Waals surface area contributed by atoms with Crippen LogP contribution in [-0.2, 0) is 0 Å². The molecule has 0 bridgehead atoms. The maximum Gasteiger partial charge on any atom is 0.405 e. The second kappa shape index (κ2) is 5.24. The van der Waals surface area contributed by atoms with E-state index in [0.29, 0.717) is 5.69 Å². The van der Waals surface area contributed by atoms with Crippen molar-refractivity contribution in [2.45, 2.75) is 20.0 Å². The van der Waals surface area contributed by atoms with Crippen molar-refractivity contribution in [1.82, 2.24) is 4.98 Å². The molecule has 4 nitrogen and oxygen atoms in total. The summed E-state index contributed by atoms with van der Waals surface area (Å²) in [6.45, 7) is 2.30. The molecule has 0 amide bonds. The van der Waals surface area contributed by atoms with Crippen LogP contribution >= 0.6 is 0 Å². The first-order chi connectivity index (χ1) is 8.24. The van der Waals surface area contributed by atoms with Crippen molar-refractivity contribution in [3.8, 4) is 0 Å². The maximum atomic E-state index is 12.5. The number of halogens is 3. The molecule has 1 rings (SSSR count). The first-order valence-corrected chi connectivity index (χ1v) is 5.38. The van der Waals surface area contributed by atoms with Crippen LogP contribution in [0.1, 0.15) is 18.2 Å². The normalized spacial score (nSPS) is 11.4. The zero-order chi connectivity index (χ0) is 13.9. The van der Waals surface area contributed by atoms with E-state index in [1.54, 1.807) is 19.9 Å². The van der Waals surface area contributed by atoms with E-state index in [9.17, 15) is 13.2 Å². The average molecular weight is 260 g/mol. The van der Waals surface area contributed by atoms with Crippen LogP contribution in [0.2, 0.25) is 0 Å². The molecule has 0 atom stereocenters. The zero-order valence-electron chi connectivity index (χ0n) is 10.2. The van der Waals surface area contributed by atoms with Crippen LogP contribution in [0, 0.1) is 12.3 Å². The molecule has 0 fully saturated rings. The average Bonchev–Trinajstić information content (AvgIpc) is 2.24. The first-order valence-electron chi connectivity index (χ1n) is 5.38. The number of hydrogen-bond donors (Lipinski definition) is 2. The molecule has 1 heterocycles. The molecule has 0 radical (unpaired) electrons. The predicted molar refractivity (Wildman–Crippen MR) is 63.9 cm³/mol. The minimum Gasteiger partial charge on any atom is -0.384 e. The van der Waals surface area contributed by atoms with Crippen LogP contribution in [0.3, 0.4) is 0 Å². The summed E-state index contributed by atoms with van der Waals surface area (Å²) >= 11 is 0. The molecule has 3 N–H and O–H groups in total. The Morgan fingerprint density at radius 3 is 2.50 bits per heavy atom. The molecule has 0 aliphatic rings. The Balaban J connectivity index is 3.19. The number of nitrogens with two attached hydrogens (primary N) is 1. The van der Waals surface area contributed by atoms with Gasteiger partial charge >= 0.3 is 6.18 Å². The van der Waals surface area contributed by atoms with Gasteiger partial charge in [0.2, 0.25) is 0 Å². The Hall–Kier alpha value is -1.79. The summed E-state index contributed by atoms with van der Waals surface area (Å²) in [5.41, 5.74) is 6.15. The van der Waals surface area contributed by atoms with Gasteiger partial charge in [0.25, 0.3) is 0 Å². The van der Waals surface area contributed by atoms with Gasteiger partial charge in [-0.2, -0.15) is 13.2 Å².